The van der Waals surface area contributed by atoms with Gasteiger partial charge in [-0.15, -0.1) is 0 Å². The second-order valence-electron chi connectivity index (χ2n) is 7.20. The van der Waals surface area contributed by atoms with Gasteiger partial charge in [0.2, 0.25) is 0 Å². The number of carbonyl (C=O) groups excluding carboxylic acids is 2. The molecule has 0 fully saturated rings. The molecule has 0 amide bonds. The van der Waals surface area contributed by atoms with Gasteiger partial charge < -0.3 is 20.4 Å². The maximum atomic E-state index is 11.0. The molecule has 6 nitrogen and oxygen atoms in total. The molecule has 0 aliphatic rings. The maximum absolute atomic E-state index is 11.0. The van der Waals surface area contributed by atoms with Gasteiger partial charge in [0.15, 0.2) is 0 Å². The Bertz CT molecular complexity index is 290. The molecule has 0 aliphatic carbocycles. The minimum atomic E-state index is -0.167. The number of aliphatic hydroxyl groups is 4. The number of hydrogen-bond acceptors (Lipinski definition) is 6. The van der Waals surface area contributed by atoms with Crippen LogP contribution in [0.5, 0.6) is 0 Å². The van der Waals surface area contributed by atoms with Crippen LogP contribution in [0.3, 0.4) is 0 Å². The quantitative estimate of drug-likeness (QED) is 0.374. The van der Waals surface area contributed by atoms with Crippen molar-refractivity contribution < 1.29 is 51.7 Å². The van der Waals surface area contributed by atoms with E-state index in [2.05, 4.69) is 0 Å². The largest absolute Gasteiger partial charge is 0.396 e. The molecule has 7 heteroatoms. The van der Waals surface area contributed by atoms with E-state index in [1.807, 2.05) is 27.7 Å². The molecule has 0 aromatic carbocycles. The Balaban J connectivity index is -0.0000000950. The van der Waals surface area contributed by atoms with Crippen LogP contribution in [-0.2, 0) is 31.3 Å². The van der Waals surface area contributed by atoms with Crippen LogP contribution in [0.2, 0.25) is 0 Å². The first-order valence-corrected chi connectivity index (χ1v) is 10.6. The van der Waals surface area contributed by atoms with Crippen LogP contribution in [0.1, 0.15) is 93.9 Å². The van der Waals surface area contributed by atoms with Crippen LogP contribution in [-0.4, -0.2) is 57.4 Å². The summed E-state index contributed by atoms with van der Waals surface area (Å²) in [6.45, 7) is 14.7. The Morgan fingerprint density at radius 3 is 0.966 bits per heavy atom. The third-order valence-electron chi connectivity index (χ3n) is 3.33. The predicted octanol–water partition coefficient (Wildman–Crippen LogP) is 3.52. The van der Waals surface area contributed by atoms with Crippen LogP contribution in [0.4, 0.5) is 0 Å². The Kier molecular flexibility index (Phi) is 40.9. The Labute approximate surface area is 194 Å². The van der Waals surface area contributed by atoms with E-state index in [4.69, 9.17) is 20.4 Å². The zero-order valence-corrected chi connectivity index (χ0v) is 21.6. The third kappa shape index (κ3) is 39.0. The van der Waals surface area contributed by atoms with Gasteiger partial charge in [-0.2, -0.15) is 0 Å². The molecule has 176 valence electrons. The van der Waals surface area contributed by atoms with Crippen molar-refractivity contribution in [1.82, 2.24) is 0 Å². The number of aliphatic hydroxyl groups excluding tert-OH is 4. The van der Waals surface area contributed by atoms with E-state index in [0.29, 0.717) is 12.8 Å². The summed E-state index contributed by atoms with van der Waals surface area (Å²) in [5.74, 6) is 0.180. The molecule has 0 saturated carbocycles. The summed E-state index contributed by atoms with van der Waals surface area (Å²) in [4.78, 5) is 22.1. The first-order chi connectivity index (χ1) is 13.0. The molecule has 0 aliphatic heterocycles. The first-order valence-electron chi connectivity index (χ1n) is 10.6. The smallest absolute Gasteiger partial charge is 0.138 e. The third-order valence-corrected chi connectivity index (χ3v) is 3.33. The summed E-state index contributed by atoms with van der Waals surface area (Å²) in [6, 6.07) is 0. The molecule has 0 heterocycles. The number of rotatable bonds is 10. The first kappa shape index (κ1) is 39.4. The van der Waals surface area contributed by atoms with E-state index in [1.165, 1.54) is 0 Å². The van der Waals surface area contributed by atoms with Crippen molar-refractivity contribution in [2.24, 2.45) is 11.8 Å². The molecule has 0 radical (unpaired) electrons. The summed E-state index contributed by atoms with van der Waals surface area (Å²) in [7, 11) is 0. The SMILES string of the molecule is CC(C)O.CC(C)O.CCCC(=O)C(CC)CO.CCCC(=O)C(CC)CO.[Ti]. The minimum Gasteiger partial charge on any atom is -0.396 e. The van der Waals surface area contributed by atoms with Gasteiger partial charge in [-0.25, -0.2) is 0 Å². The fraction of sp³-hybridized carbons (Fsp3) is 0.909. The van der Waals surface area contributed by atoms with Crippen LogP contribution in [0, 0.1) is 11.8 Å². The average molecular weight is 456 g/mol. The fourth-order valence-corrected chi connectivity index (χ4v) is 1.82. The molecule has 0 saturated heterocycles. The van der Waals surface area contributed by atoms with Gasteiger partial charge in [-0.05, 0) is 53.4 Å². The van der Waals surface area contributed by atoms with E-state index in [0.717, 1.165) is 25.7 Å². The summed E-state index contributed by atoms with van der Waals surface area (Å²) in [5.41, 5.74) is 0. The monoisotopic (exact) mass is 456 g/mol. The van der Waals surface area contributed by atoms with Gasteiger partial charge >= 0.3 is 0 Å². The van der Waals surface area contributed by atoms with E-state index in [9.17, 15) is 9.59 Å². The van der Waals surface area contributed by atoms with Gasteiger partial charge in [-0.3, -0.25) is 9.59 Å². The zero-order chi connectivity index (χ0) is 23.1. The number of ketones is 2. The van der Waals surface area contributed by atoms with E-state index in [-0.39, 0.29) is 70.5 Å². The van der Waals surface area contributed by atoms with Gasteiger partial charge in [-0.1, -0.05) is 27.7 Å². The van der Waals surface area contributed by atoms with Crippen molar-refractivity contribution in [3.8, 4) is 0 Å². The second kappa shape index (κ2) is 30.1. The van der Waals surface area contributed by atoms with Crippen molar-refractivity contribution >= 4 is 11.6 Å². The molecule has 0 rings (SSSR count). The standard InChI is InChI=1S/2C8H16O2.2C3H8O.Ti/c2*1-3-5-8(10)7(4-2)6-9;2*1-3(2)4;/h2*7,9H,3-6H2,1-2H3;2*3-4H,1-2H3;. The minimum absolute atomic E-state index is 0. The molecule has 29 heavy (non-hydrogen) atoms. The van der Waals surface area contributed by atoms with Gasteiger partial charge in [0.05, 0.1) is 13.2 Å². The Morgan fingerprint density at radius 2 is 0.862 bits per heavy atom. The maximum Gasteiger partial charge on any atom is 0.138 e. The number of carbonyl (C=O) groups is 2. The molecular formula is C22H48O6Ti. The van der Waals surface area contributed by atoms with Gasteiger partial charge in [0.1, 0.15) is 11.6 Å². The van der Waals surface area contributed by atoms with Crippen molar-refractivity contribution in [2.45, 2.75) is 106 Å². The predicted molar refractivity (Wildman–Crippen MR) is 116 cm³/mol. The van der Waals surface area contributed by atoms with Gasteiger partial charge in [0, 0.05) is 58.6 Å². The summed E-state index contributed by atoms with van der Waals surface area (Å²) in [6.07, 6.45) is 4.17. The molecule has 0 aromatic heterocycles. The van der Waals surface area contributed by atoms with Crippen molar-refractivity contribution in [1.29, 1.82) is 0 Å². The molecular weight excluding hydrogens is 408 g/mol. The Hall–Kier alpha value is -0.106. The van der Waals surface area contributed by atoms with Crippen molar-refractivity contribution in [2.75, 3.05) is 13.2 Å². The number of hydrogen-bond donors (Lipinski definition) is 4. The molecule has 4 N–H and O–H groups in total. The van der Waals surface area contributed by atoms with Crippen LogP contribution in [0.25, 0.3) is 0 Å². The Morgan fingerprint density at radius 1 is 0.655 bits per heavy atom. The topological polar surface area (TPSA) is 115 Å². The summed E-state index contributed by atoms with van der Waals surface area (Å²) in [5, 5.41) is 33.5. The van der Waals surface area contributed by atoms with Crippen LogP contribution in [0.15, 0.2) is 0 Å². The van der Waals surface area contributed by atoms with Gasteiger partial charge in [0.25, 0.3) is 0 Å². The van der Waals surface area contributed by atoms with E-state index in [1.54, 1.807) is 27.7 Å². The molecule has 0 bridgehead atoms. The molecule has 2 unspecified atom stereocenters. The fourth-order valence-electron chi connectivity index (χ4n) is 1.82. The second-order valence-corrected chi connectivity index (χ2v) is 7.20. The van der Waals surface area contributed by atoms with E-state index >= 15 is 0 Å². The number of Topliss-reactive ketones (excluding diaryl/α,β-unsaturated/α-hetero) is 2. The molecule has 2 atom stereocenters. The van der Waals surface area contributed by atoms with Crippen molar-refractivity contribution in [3.05, 3.63) is 0 Å². The summed E-state index contributed by atoms with van der Waals surface area (Å²) >= 11 is 0. The van der Waals surface area contributed by atoms with E-state index < -0.39 is 0 Å². The molecule has 0 spiro atoms. The normalized spacial score (nSPS) is 11.5. The average Bonchev–Trinajstić information content (AvgIpc) is 2.57. The summed E-state index contributed by atoms with van der Waals surface area (Å²) < 4.78 is 0. The zero-order valence-electron chi connectivity index (χ0n) is 20.1. The van der Waals surface area contributed by atoms with Crippen molar-refractivity contribution in [3.63, 3.8) is 0 Å². The van der Waals surface area contributed by atoms with Crippen LogP contribution >= 0.6 is 0 Å². The van der Waals surface area contributed by atoms with Crippen LogP contribution < -0.4 is 0 Å². The molecule has 0 aromatic rings.